The minimum absolute atomic E-state index is 0.235. The molecule has 0 bridgehead atoms. The molecule has 0 radical (unpaired) electrons. The summed E-state index contributed by atoms with van der Waals surface area (Å²) in [6, 6.07) is 68.6. The minimum atomic E-state index is -0.235. The summed E-state index contributed by atoms with van der Waals surface area (Å²) < 4.78 is 4.81. The zero-order chi connectivity index (χ0) is 36.0. The third kappa shape index (κ3) is 4.36. The van der Waals surface area contributed by atoms with Gasteiger partial charge in [0.15, 0.2) is 0 Å². The standard InChI is InChI=1S/C51H37N3/c1-51(2)44-33-38(26-28-39(44)41-29-31-48-49(50(41)51)42-23-13-15-25-46(42)54(48)36-20-10-5-11-21-36)52(34-16-6-3-7-17-34)37-27-30-47-43(32-37)40-22-12-14-24-45(40)53(47)35-18-8-4-9-19-35/h3-33H,1-2H3. The lowest BCUT2D eigenvalue weighted by Crippen LogP contribution is -2.17. The lowest BCUT2D eigenvalue weighted by Gasteiger charge is -2.28. The van der Waals surface area contributed by atoms with Gasteiger partial charge in [-0.25, -0.2) is 0 Å². The highest BCUT2D eigenvalue weighted by Crippen LogP contribution is 2.54. The molecule has 10 aromatic rings. The molecule has 256 valence electrons. The number of rotatable bonds is 5. The SMILES string of the molecule is CC1(C)c2cc(N(c3ccccc3)c3ccc4c(c3)c3ccccc3n4-c3ccccc3)ccc2-c2ccc3c(c21)c1ccccc1n3-c1ccccc1. The van der Waals surface area contributed by atoms with Crippen LogP contribution in [-0.2, 0) is 5.41 Å². The number of hydrogen-bond acceptors (Lipinski definition) is 1. The van der Waals surface area contributed by atoms with Gasteiger partial charge in [0.1, 0.15) is 0 Å². The molecule has 0 saturated carbocycles. The lowest BCUT2D eigenvalue weighted by atomic mass is 9.80. The summed E-state index contributed by atoms with van der Waals surface area (Å²) in [5.74, 6) is 0. The molecule has 0 aliphatic heterocycles. The number of benzene rings is 8. The first kappa shape index (κ1) is 30.8. The highest BCUT2D eigenvalue weighted by molar-refractivity contribution is 6.15. The van der Waals surface area contributed by atoms with Gasteiger partial charge in [-0.2, -0.15) is 0 Å². The van der Waals surface area contributed by atoms with Crippen molar-refractivity contribution >= 4 is 60.7 Å². The van der Waals surface area contributed by atoms with Gasteiger partial charge < -0.3 is 14.0 Å². The summed E-state index contributed by atoms with van der Waals surface area (Å²) in [5, 5.41) is 5.12. The van der Waals surface area contributed by atoms with Gasteiger partial charge >= 0.3 is 0 Å². The maximum Gasteiger partial charge on any atom is 0.0544 e. The fourth-order valence-electron chi connectivity index (χ4n) is 9.33. The molecule has 3 heteroatoms. The lowest BCUT2D eigenvalue weighted by molar-refractivity contribution is 0.666. The van der Waals surface area contributed by atoms with Crippen LogP contribution in [0.3, 0.4) is 0 Å². The Balaban J connectivity index is 1.11. The summed E-state index contributed by atoms with van der Waals surface area (Å²) in [6.45, 7) is 4.82. The average molecular weight is 692 g/mol. The van der Waals surface area contributed by atoms with Gasteiger partial charge in [0.2, 0.25) is 0 Å². The molecule has 0 spiro atoms. The average Bonchev–Trinajstić information content (AvgIpc) is 3.82. The Morgan fingerprint density at radius 1 is 0.389 bits per heavy atom. The predicted octanol–water partition coefficient (Wildman–Crippen LogP) is 13.7. The van der Waals surface area contributed by atoms with E-state index in [1.807, 2.05) is 0 Å². The summed E-state index contributed by atoms with van der Waals surface area (Å²) in [5.41, 5.74) is 15.8. The van der Waals surface area contributed by atoms with Crippen molar-refractivity contribution < 1.29 is 0 Å². The van der Waals surface area contributed by atoms with Crippen molar-refractivity contribution in [1.82, 2.24) is 9.13 Å². The fourth-order valence-corrected chi connectivity index (χ4v) is 9.33. The third-order valence-corrected chi connectivity index (χ3v) is 11.6. The van der Waals surface area contributed by atoms with Gasteiger partial charge in [0.25, 0.3) is 0 Å². The maximum absolute atomic E-state index is 2.45. The van der Waals surface area contributed by atoms with Crippen LogP contribution in [0.15, 0.2) is 188 Å². The van der Waals surface area contributed by atoms with E-state index in [0.29, 0.717) is 0 Å². The molecule has 2 heterocycles. The van der Waals surface area contributed by atoms with E-state index in [4.69, 9.17) is 0 Å². The molecule has 1 aliphatic rings. The van der Waals surface area contributed by atoms with Crippen LogP contribution in [0.4, 0.5) is 17.1 Å². The molecular weight excluding hydrogens is 655 g/mol. The highest BCUT2D eigenvalue weighted by atomic mass is 15.1. The van der Waals surface area contributed by atoms with E-state index < -0.39 is 0 Å². The molecule has 3 nitrogen and oxygen atoms in total. The largest absolute Gasteiger partial charge is 0.310 e. The molecule has 0 amide bonds. The number of nitrogens with zero attached hydrogens (tertiary/aromatic N) is 3. The van der Waals surface area contributed by atoms with Gasteiger partial charge in [-0.15, -0.1) is 0 Å². The van der Waals surface area contributed by atoms with Crippen molar-refractivity contribution in [2.45, 2.75) is 19.3 Å². The summed E-state index contributed by atoms with van der Waals surface area (Å²) in [4.78, 5) is 2.42. The second-order valence-electron chi connectivity index (χ2n) is 15.0. The Bertz CT molecular complexity index is 3060. The quantitative estimate of drug-likeness (QED) is 0.175. The molecule has 54 heavy (non-hydrogen) atoms. The van der Waals surface area contributed by atoms with Crippen molar-refractivity contribution in [2.24, 2.45) is 0 Å². The van der Waals surface area contributed by atoms with Crippen LogP contribution in [0.25, 0.3) is 66.1 Å². The van der Waals surface area contributed by atoms with Crippen molar-refractivity contribution in [3.63, 3.8) is 0 Å². The van der Waals surface area contributed by atoms with Crippen LogP contribution < -0.4 is 4.90 Å². The van der Waals surface area contributed by atoms with Gasteiger partial charge in [0.05, 0.1) is 22.1 Å². The van der Waals surface area contributed by atoms with Crippen LogP contribution >= 0.6 is 0 Å². The fraction of sp³-hybridized carbons (Fsp3) is 0.0588. The normalized spacial score (nSPS) is 13.1. The van der Waals surface area contributed by atoms with Crippen molar-refractivity contribution in [2.75, 3.05) is 4.90 Å². The van der Waals surface area contributed by atoms with Crippen LogP contribution in [0, 0.1) is 0 Å². The number of aromatic nitrogens is 2. The molecule has 11 rings (SSSR count). The monoisotopic (exact) mass is 691 g/mol. The summed E-state index contributed by atoms with van der Waals surface area (Å²) >= 11 is 0. The second-order valence-corrected chi connectivity index (χ2v) is 15.0. The molecule has 0 atom stereocenters. The first-order valence-corrected chi connectivity index (χ1v) is 18.8. The number of fused-ring (bicyclic) bond motifs is 10. The minimum Gasteiger partial charge on any atom is -0.310 e. The van der Waals surface area contributed by atoms with Crippen molar-refractivity contribution in [3.8, 4) is 22.5 Å². The Hall–Kier alpha value is -6.84. The highest BCUT2D eigenvalue weighted by Gasteiger charge is 2.39. The number of para-hydroxylation sites is 5. The van der Waals surface area contributed by atoms with E-state index in [-0.39, 0.29) is 5.41 Å². The van der Waals surface area contributed by atoms with Crippen LogP contribution in [0.2, 0.25) is 0 Å². The molecule has 0 unspecified atom stereocenters. The van der Waals surface area contributed by atoms with Crippen molar-refractivity contribution in [3.05, 3.63) is 199 Å². The topological polar surface area (TPSA) is 13.1 Å². The van der Waals surface area contributed by atoms with Crippen LogP contribution in [0.5, 0.6) is 0 Å². The van der Waals surface area contributed by atoms with Gasteiger partial charge in [0, 0.05) is 55.4 Å². The smallest absolute Gasteiger partial charge is 0.0544 e. The maximum atomic E-state index is 2.45. The number of hydrogen-bond donors (Lipinski definition) is 0. The molecule has 2 aromatic heterocycles. The molecule has 0 fully saturated rings. The van der Waals surface area contributed by atoms with E-state index >= 15 is 0 Å². The first-order valence-electron chi connectivity index (χ1n) is 18.8. The Kier molecular flexibility index (Phi) is 6.60. The Labute approximate surface area is 314 Å². The molecule has 8 aromatic carbocycles. The second kappa shape index (κ2) is 11.6. The van der Waals surface area contributed by atoms with Gasteiger partial charge in [-0.3, -0.25) is 0 Å². The van der Waals surface area contributed by atoms with Crippen molar-refractivity contribution in [1.29, 1.82) is 0 Å². The summed E-state index contributed by atoms with van der Waals surface area (Å²) in [7, 11) is 0. The molecular formula is C51H37N3. The third-order valence-electron chi connectivity index (χ3n) is 11.6. The van der Waals surface area contributed by atoms with E-state index in [1.165, 1.54) is 71.6 Å². The Morgan fingerprint density at radius 3 is 1.59 bits per heavy atom. The van der Waals surface area contributed by atoms with Crippen LogP contribution in [-0.4, -0.2) is 9.13 Å². The molecule has 0 N–H and O–H groups in total. The molecule has 0 saturated heterocycles. The van der Waals surface area contributed by atoms with E-state index in [2.05, 4.69) is 216 Å². The van der Waals surface area contributed by atoms with E-state index in [9.17, 15) is 0 Å². The van der Waals surface area contributed by atoms with Crippen LogP contribution in [0.1, 0.15) is 25.0 Å². The zero-order valence-corrected chi connectivity index (χ0v) is 30.2. The predicted molar refractivity (Wildman–Crippen MR) is 227 cm³/mol. The zero-order valence-electron chi connectivity index (χ0n) is 30.2. The first-order chi connectivity index (χ1) is 26.6. The number of anilines is 3. The van der Waals surface area contributed by atoms with E-state index in [0.717, 1.165) is 22.7 Å². The van der Waals surface area contributed by atoms with Gasteiger partial charge in [-0.1, -0.05) is 117 Å². The molecule has 1 aliphatic carbocycles. The summed E-state index contributed by atoms with van der Waals surface area (Å²) in [6.07, 6.45) is 0. The van der Waals surface area contributed by atoms with Gasteiger partial charge in [-0.05, 0) is 107 Å². The Morgan fingerprint density at radius 2 is 0.889 bits per heavy atom. The van der Waals surface area contributed by atoms with E-state index in [1.54, 1.807) is 0 Å².